The molecule has 3 heteroatoms. The van der Waals surface area contributed by atoms with Crippen LogP contribution in [0.15, 0.2) is 0 Å². The van der Waals surface area contributed by atoms with Gasteiger partial charge < -0.3 is 11.1 Å². The molecule has 0 aromatic heterocycles. The molecule has 2 fully saturated rings. The minimum atomic E-state index is 0.186. The Morgan fingerprint density at radius 3 is 2.44 bits per heavy atom. The highest BCUT2D eigenvalue weighted by Crippen LogP contribution is 2.24. The van der Waals surface area contributed by atoms with Crippen molar-refractivity contribution in [2.75, 3.05) is 0 Å². The Kier molecular flexibility index (Phi) is 4.22. The van der Waals surface area contributed by atoms with Crippen LogP contribution in [0.4, 0.5) is 0 Å². The van der Waals surface area contributed by atoms with E-state index in [0.29, 0.717) is 6.04 Å². The Morgan fingerprint density at radius 2 is 1.75 bits per heavy atom. The lowest BCUT2D eigenvalue weighted by atomic mass is 9.85. The van der Waals surface area contributed by atoms with Gasteiger partial charge in [0.05, 0.1) is 0 Å². The van der Waals surface area contributed by atoms with Gasteiger partial charge in [-0.1, -0.05) is 25.7 Å². The summed E-state index contributed by atoms with van der Waals surface area (Å²) >= 11 is 0. The molecule has 2 aliphatic carbocycles. The van der Waals surface area contributed by atoms with Crippen LogP contribution in [0.3, 0.4) is 0 Å². The van der Waals surface area contributed by atoms with Crippen molar-refractivity contribution >= 4 is 5.91 Å². The Hall–Kier alpha value is -0.570. The third-order valence-electron chi connectivity index (χ3n) is 4.04. The van der Waals surface area contributed by atoms with Gasteiger partial charge >= 0.3 is 0 Å². The van der Waals surface area contributed by atoms with E-state index in [2.05, 4.69) is 5.32 Å². The molecular weight excluding hydrogens is 200 g/mol. The average Bonchev–Trinajstić information content (AvgIpc) is 2.30. The molecule has 2 aliphatic rings. The van der Waals surface area contributed by atoms with Gasteiger partial charge in [-0.3, -0.25) is 4.79 Å². The van der Waals surface area contributed by atoms with Crippen LogP contribution in [0.25, 0.3) is 0 Å². The normalized spacial score (nSPS) is 32.3. The molecule has 3 N–H and O–H groups in total. The van der Waals surface area contributed by atoms with Crippen molar-refractivity contribution in [1.29, 1.82) is 0 Å². The van der Waals surface area contributed by atoms with Crippen molar-refractivity contribution in [2.45, 2.75) is 69.9 Å². The highest BCUT2D eigenvalue weighted by molar-refractivity contribution is 5.79. The van der Waals surface area contributed by atoms with Crippen LogP contribution in [0.5, 0.6) is 0 Å². The Bertz CT molecular complexity index is 236. The zero-order valence-electron chi connectivity index (χ0n) is 10.1. The van der Waals surface area contributed by atoms with Crippen LogP contribution in [-0.2, 0) is 4.79 Å². The summed E-state index contributed by atoms with van der Waals surface area (Å²) in [5, 5.41) is 3.21. The number of nitrogens with two attached hydrogens (primary N) is 1. The second kappa shape index (κ2) is 5.67. The maximum absolute atomic E-state index is 12.0. The van der Waals surface area contributed by atoms with E-state index in [4.69, 9.17) is 5.73 Å². The number of carbonyl (C=O) groups is 1. The Labute approximate surface area is 98.2 Å². The summed E-state index contributed by atoms with van der Waals surface area (Å²) in [7, 11) is 0. The van der Waals surface area contributed by atoms with Crippen molar-refractivity contribution in [3.05, 3.63) is 0 Å². The number of nitrogens with one attached hydrogen (secondary N) is 1. The molecule has 0 unspecified atom stereocenters. The van der Waals surface area contributed by atoms with Gasteiger partial charge in [-0.05, 0) is 32.1 Å². The van der Waals surface area contributed by atoms with Crippen molar-refractivity contribution in [3.63, 3.8) is 0 Å². The highest BCUT2D eigenvalue weighted by Gasteiger charge is 2.27. The topological polar surface area (TPSA) is 55.1 Å². The summed E-state index contributed by atoms with van der Waals surface area (Å²) < 4.78 is 0. The van der Waals surface area contributed by atoms with Crippen molar-refractivity contribution in [2.24, 2.45) is 11.7 Å². The van der Waals surface area contributed by atoms with Crippen LogP contribution in [0.2, 0.25) is 0 Å². The molecule has 1 amide bonds. The maximum Gasteiger partial charge on any atom is 0.223 e. The van der Waals surface area contributed by atoms with Gasteiger partial charge in [0.25, 0.3) is 0 Å². The van der Waals surface area contributed by atoms with Crippen LogP contribution in [0, 0.1) is 5.92 Å². The SMILES string of the molecule is N[C@@H]1CCC[C@H](C(=O)NC2CCCCC2)C1. The van der Waals surface area contributed by atoms with Gasteiger partial charge in [0.1, 0.15) is 0 Å². The van der Waals surface area contributed by atoms with E-state index in [1.807, 2.05) is 0 Å². The lowest BCUT2D eigenvalue weighted by molar-refractivity contribution is -0.127. The van der Waals surface area contributed by atoms with Crippen LogP contribution in [0.1, 0.15) is 57.8 Å². The molecule has 0 heterocycles. The molecular formula is C13H24N2O. The molecule has 0 radical (unpaired) electrons. The van der Waals surface area contributed by atoms with Gasteiger partial charge in [0.2, 0.25) is 5.91 Å². The first-order valence-electron chi connectivity index (χ1n) is 6.81. The molecule has 0 saturated heterocycles. The van der Waals surface area contributed by atoms with Crippen LogP contribution < -0.4 is 11.1 Å². The molecule has 0 aliphatic heterocycles. The molecule has 0 aromatic rings. The van der Waals surface area contributed by atoms with E-state index in [9.17, 15) is 4.79 Å². The number of rotatable bonds is 2. The van der Waals surface area contributed by atoms with Gasteiger partial charge in [-0.2, -0.15) is 0 Å². The highest BCUT2D eigenvalue weighted by atomic mass is 16.1. The molecule has 2 rings (SSSR count). The van der Waals surface area contributed by atoms with E-state index in [1.54, 1.807) is 0 Å². The molecule has 0 bridgehead atoms. The van der Waals surface area contributed by atoms with E-state index in [1.165, 1.54) is 32.1 Å². The number of amides is 1. The lowest BCUT2D eigenvalue weighted by Crippen LogP contribution is -2.43. The van der Waals surface area contributed by atoms with Crippen molar-refractivity contribution in [1.82, 2.24) is 5.32 Å². The van der Waals surface area contributed by atoms with Gasteiger partial charge in [-0.25, -0.2) is 0 Å². The zero-order chi connectivity index (χ0) is 11.4. The third kappa shape index (κ3) is 3.21. The number of hydrogen-bond acceptors (Lipinski definition) is 2. The summed E-state index contributed by atoms with van der Waals surface area (Å²) in [6, 6.07) is 0.690. The van der Waals surface area contributed by atoms with Gasteiger partial charge in [0.15, 0.2) is 0 Å². The zero-order valence-corrected chi connectivity index (χ0v) is 10.1. The smallest absolute Gasteiger partial charge is 0.223 e. The molecule has 0 aromatic carbocycles. The molecule has 16 heavy (non-hydrogen) atoms. The fourth-order valence-corrected chi connectivity index (χ4v) is 3.03. The quantitative estimate of drug-likeness (QED) is 0.753. The fraction of sp³-hybridized carbons (Fsp3) is 0.923. The van der Waals surface area contributed by atoms with E-state index >= 15 is 0 Å². The standard InChI is InChI=1S/C13H24N2O/c14-11-6-4-5-10(9-11)13(16)15-12-7-2-1-3-8-12/h10-12H,1-9,14H2,(H,15,16)/t10-,11+/m0/s1. The average molecular weight is 224 g/mol. The first kappa shape index (κ1) is 11.9. The van der Waals surface area contributed by atoms with Crippen LogP contribution in [-0.4, -0.2) is 18.0 Å². The maximum atomic E-state index is 12.0. The van der Waals surface area contributed by atoms with E-state index in [0.717, 1.165) is 25.7 Å². The monoisotopic (exact) mass is 224 g/mol. The predicted molar refractivity (Wildman–Crippen MR) is 64.9 cm³/mol. The summed E-state index contributed by atoms with van der Waals surface area (Å²) in [4.78, 5) is 12.0. The van der Waals surface area contributed by atoms with Gasteiger partial charge in [-0.15, -0.1) is 0 Å². The molecule has 0 spiro atoms. The first-order chi connectivity index (χ1) is 7.75. The molecule has 3 nitrogen and oxygen atoms in total. The summed E-state index contributed by atoms with van der Waals surface area (Å²) in [6.07, 6.45) is 10.3. The summed E-state index contributed by atoms with van der Waals surface area (Å²) in [6.45, 7) is 0. The minimum Gasteiger partial charge on any atom is -0.353 e. The Morgan fingerprint density at radius 1 is 1.00 bits per heavy atom. The fourth-order valence-electron chi connectivity index (χ4n) is 3.03. The summed E-state index contributed by atoms with van der Waals surface area (Å²) in [5.74, 6) is 0.452. The van der Waals surface area contributed by atoms with Crippen LogP contribution >= 0.6 is 0 Å². The van der Waals surface area contributed by atoms with E-state index < -0.39 is 0 Å². The third-order valence-corrected chi connectivity index (χ3v) is 4.04. The number of carbonyl (C=O) groups excluding carboxylic acids is 1. The predicted octanol–water partition coefficient (Wildman–Crippen LogP) is 1.95. The second-order valence-corrected chi connectivity index (χ2v) is 5.47. The van der Waals surface area contributed by atoms with Crippen molar-refractivity contribution < 1.29 is 4.79 Å². The second-order valence-electron chi connectivity index (χ2n) is 5.47. The minimum absolute atomic E-state index is 0.186. The number of hydrogen-bond donors (Lipinski definition) is 2. The molecule has 92 valence electrons. The first-order valence-corrected chi connectivity index (χ1v) is 6.81. The van der Waals surface area contributed by atoms with Gasteiger partial charge in [0, 0.05) is 18.0 Å². The van der Waals surface area contributed by atoms with E-state index in [-0.39, 0.29) is 17.9 Å². The Balaban J connectivity index is 1.77. The van der Waals surface area contributed by atoms with Crippen molar-refractivity contribution in [3.8, 4) is 0 Å². The molecule has 2 atom stereocenters. The lowest BCUT2D eigenvalue weighted by Gasteiger charge is -2.29. The summed E-state index contributed by atoms with van der Waals surface area (Å²) in [5.41, 5.74) is 5.92. The molecule has 2 saturated carbocycles. The largest absolute Gasteiger partial charge is 0.353 e.